The highest BCUT2D eigenvalue weighted by Crippen LogP contribution is 2.13. The quantitative estimate of drug-likeness (QED) is 0.565. The molecule has 0 bridgehead atoms. The molecule has 26 heavy (non-hydrogen) atoms. The first kappa shape index (κ1) is 17.3. The molecule has 0 saturated heterocycles. The van der Waals surface area contributed by atoms with E-state index in [0.717, 1.165) is 11.0 Å². The van der Waals surface area contributed by atoms with Crippen LogP contribution in [0.4, 0.5) is 5.69 Å². The third-order valence-electron chi connectivity index (χ3n) is 3.51. The summed E-state index contributed by atoms with van der Waals surface area (Å²) in [5.74, 6) is -0.758. The highest BCUT2D eigenvalue weighted by molar-refractivity contribution is 6.02. The number of hydrogen-bond donors (Lipinski definition) is 1. The predicted octanol–water partition coefficient (Wildman–Crippen LogP) is 3.46. The second-order valence-corrected chi connectivity index (χ2v) is 5.41. The van der Waals surface area contributed by atoms with Gasteiger partial charge < -0.3 is 10.1 Å². The van der Waals surface area contributed by atoms with Crippen molar-refractivity contribution >= 4 is 34.7 Å². The van der Waals surface area contributed by atoms with E-state index in [0.29, 0.717) is 23.6 Å². The molecule has 0 aliphatic carbocycles. The molecule has 130 valence electrons. The van der Waals surface area contributed by atoms with Gasteiger partial charge in [-0.05, 0) is 43.3 Å². The van der Waals surface area contributed by atoms with Crippen LogP contribution in [0.25, 0.3) is 17.1 Å². The van der Waals surface area contributed by atoms with Crippen molar-refractivity contribution in [2.75, 3.05) is 11.9 Å². The maximum atomic E-state index is 12.1. The number of amides is 1. The lowest BCUT2D eigenvalue weighted by Crippen LogP contribution is -2.10. The van der Waals surface area contributed by atoms with E-state index >= 15 is 0 Å². The van der Waals surface area contributed by atoms with Crippen LogP contribution in [0, 0.1) is 0 Å². The third-order valence-corrected chi connectivity index (χ3v) is 3.51. The number of carbonyl (C=O) groups is 2. The van der Waals surface area contributed by atoms with E-state index in [1.165, 1.54) is 6.08 Å². The number of carbonyl (C=O) groups excluding carboxylic acids is 2. The Bertz CT molecular complexity index is 983. The number of nitrogens with zero attached hydrogens (tertiary/aromatic N) is 2. The molecule has 0 spiro atoms. The van der Waals surface area contributed by atoms with Gasteiger partial charge in [-0.2, -0.15) is 0 Å². The van der Waals surface area contributed by atoms with Crippen LogP contribution in [0.2, 0.25) is 0 Å². The average Bonchev–Trinajstić information content (AvgIpc) is 2.66. The number of ether oxygens (including phenoxy) is 1. The van der Waals surface area contributed by atoms with Crippen LogP contribution >= 0.6 is 0 Å². The lowest BCUT2D eigenvalue weighted by atomic mass is 10.2. The summed E-state index contributed by atoms with van der Waals surface area (Å²) in [6.45, 7) is 2.04. The Morgan fingerprint density at radius 1 is 1.12 bits per heavy atom. The highest BCUT2D eigenvalue weighted by atomic mass is 16.5. The summed E-state index contributed by atoms with van der Waals surface area (Å²) < 4.78 is 4.95. The molecular weight excluding hydrogens is 330 g/mol. The molecule has 0 radical (unpaired) electrons. The Morgan fingerprint density at radius 2 is 1.92 bits per heavy atom. The van der Waals surface area contributed by atoms with Crippen LogP contribution in [0.15, 0.2) is 60.8 Å². The summed E-state index contributed by atoms with van der Waals surface area (Å²) in [6.07, 6.45) is 4.56. The maximum Gasteiger partial charge on any atom is 0.338 e. The van der Waals surface area contributed by atoms with Crippen molar-refractivity contribution in [1.29, 1.82) is 0 Å². The van der Waals surface area contributed by atoms with E-state index in [4.69, 9.17) is 4.74 Å². The van der Waals surface area contributed by atoms with E-state index in [9.17, 15) is 9.59 Å². The Hall–Kier alpha value is -3.54. The molecule has 1 heterocycles. The van der Waals surface area contributed by atoms with Gasteiger partial charge in [-0.25, -0.2) is 9.78 Å². The van der Waals surface area contributed by atoms with Gasteiger partial charge in [-0.1, -0.05) is 18.2 Å². The van der Waals surface area contributed by atoms with Gasteiger partial charge in [0.15, 0.2) is 0 Å². The molecule has 2 aromatic carbocycles. The second kappa shape index (κ2) is 8.02. The molecule has 0 unspecified atom stereocenters. The fraction of sp³-hybridized carbons (Fsp3) is 0.100. The molecule has 0 atom stereocenters. The van der Waals surface area contributed by atoms with E-state index in [2.05, 4.69) is 15.3 Å². The van der Waals surface area contributed by atoms with Gasteiger partial charge in [0.2, 0.25) is 5.91 Å². The number of esters is 1. The van der Waals surface area contributed by atoms with Gasteiger partial charge in [-0.15, -0.1) is 0 Å². The molecule has 6 heteroatoms. The minimum Gasteiger partial charge on any atom is -0.462 e. The van der Waals surface area contributed by atoms with Gasteiger partial charge in [0.05, 0.1) is 35.1 Å². The highest BCUT2D eigenvalue weighted by Gasteiger charge is 2.07. The summed E-state index contributed by atoms with van der Waals surface area (Å²) >= 11 is 0. The number of nitrogens with one attached hydrogen (secondary N) is 1. The van der Waals surface area contributed by atoms with Gasteiger partial charge in [0.1, 0.15) is 0 Å². The Kier molecular flexibility index (Phi) is 5.34. The number of aromatic nitrogens is 2. The third kappa shape index (κ3) is 4.30. The Labute approximate surface area is 150 Å². The number of para-hydroxylation sites is 2. The lowest BCUT2D eigenvalue weighted by molar-refractivity contribution is -0.111. The van der Waals surface area contributed by atoms with Crippen molar-refractivity contribution in [2.45, 2.75) is 6.92 Å². The average molecular weight is 347 g/mol. The molecule has 1 N–H and O–H groups in total. The Balaban J connectivity index is 1.69. The summed E-state index contributed by atoms with van der Waals surface area (Å²) in [5, 5.41) is 2.71. The molecule has 3 rings (SSSR count). The van der Waals surface area contributed by atoms with Crippen LogP contribution in [0.1, 0.15) is 23.0 Å². The lowest BCUT2D eigenvalue weighted by Gasteiger charge is -2.05. The standard InChI is InChI=1S/C20H17N3O3/c1-2-26-20(25)14-6-5-7-15(12-14)23-19(24)11-10-16-13-21-17-8-3-4-9-18(17)22-16/h3-13H,2H2,1H3,(H,23,24). The van der Waals surface area contributed by atoms with Crippen LogP contribution in [0.3, 0.4) is 0 Å². The first-order valence-corrected chi connectivity index (χ1v) is 8.14. The summed E-state index contributed by atoms with van der Waals surface area (Å²) in [4.78, 5) is 32.5. The SMILES string of the molecule is CCOC(=O)c1cccc(NC(=O)C=Cc2cnc3ccccc3n2)c1. The van der Waals surface area contributed by atoms with Crippen molar-refractivity contribution in [3.8, 4) is 0 Å². The van der Waals surface area contributed by atoms with Crippen molar-refractivity contribution in [1.82, 2.24) is 9.97 Å². The summed E-state index contributed by atoms with van der Waals surface area (Å²) in [7, 11) is 0. The zero-order valence-electron chi connectivity index (χ0n) is 14.2. The second-order valence-electron chi connectivity index (χ2n) is 5.41. The van der Waals surface area contributed by atoms with Gasteiger partial charge in [0.25, 0.3) is 0 Å². The first-order valence-electron chi connectivity index (χ1n) is 8.14. The molecule has 3 aromatic rings. The zero-order valence-corrected chi connectivity index (χ0v) is 14.2. The maximum absolute atomic E-state index is 12.1. The Morgan fingerprint density at radius 3 is 2.73 bits per heavy atom. The predicted molar refractivity (Wildman–Crippen MR) is 99.6 cm³/mol. The summed E-state index contributed by atoms with van der Waals surface area (Å²) in [5.41, 5.74) is 3.03. The number of hydrogen-bond acceptors (Lipinski definition) is 5. The van der Waals surface area contributed by atoms with E-state index in [1.54, 1.807) is 43.5 Å². The van der Waals surface area contributed by atoms with Crippen molar-refractivity contribution in [2.24, 2.45) is 0 Å². The van der Waals surface area contributed by atoms with Gasteiger partial charge in [0, 0.05) is 11.8 Å². The molecule has 0 aliphatic rings. The van der Waals surface area contributed by atoms with Crippen LogP contribution in [-0.4, -0.2) is 28.5 Å². The fourth-order valence-electron chi connectivity index (χ4n) is 2.34. The van der Waals surface area contributed by atoms with E-state index in [1.807, 2.05) is 24.3 Å². The normalized spacial score (nSPS) is 10.8. The molecule has 0 fully saturated rings. The summed E-state index contributed by atoms with van der Waals surface area (Å²) in [6, 6.07) is 14.1. The smallest absolute Gasteiger partial charge is 0.338 e. The molecule has 1 aromatic heterocycles. The molecule has 0 saturated carbocycles. The molecule has 1 amide bonds. The van der Waals surface area contributed by atoms with Gasteiger partial charge in [-0.3, -0.25) is 9.78 Å². The number of rotatable bonds is 5. The van der Waals surface area contributed by atoms with Crippen molar-refractivity contribution in [3.05, 3.63) is 72.1 Å². The fourth-order valence-corrected chi connectivity index (χ4v) is 2.34. The van der Waals surface area contributed by atoms with Crippen molar-refractivity contribution in [3.63, 3.8) is 0 Å². The van der Waals surface area contributed by atoms with Gasteiger partial charge >= 0.3 is 5.97 Å². The van der Waals surface area contributed by atoms with E-state index < -0.39 is 5.97 Å². The van der Waals surface area contributed by atoms with Crippen molar-refractivity contribution < 1.29 is 14.3 Å². The molecule has 6 nitrogen and oxygen atoms in total. The first-order chi connectivity index (χ1) is 12.7. The molecule has 0 aliphatic heterocycles. The molecular formula is C20H17N3O3. The number of benzene rings is 2. The van der Waals surface area contributed by atoms with E-state index in [-0.39, 0.29) is 5.91 Å². The largest absolute Gasteiger partial charge is 0.462 e. The monoisotopic (exact) mass is 347 g/mol. The van der Waals surface area contributed by atoms with Crippen LogP contribution < -0.4 is 5.32 Å². The topological polar surface area (TPSA) is 81.2 Å². The van der Waals surface area contributed by atoms with Crippen LogP contribution in [-0.2, 0) is 9.53 Å². The minimum absolute atomic E-state index is 0.297. The minimum atomic E-state index is -0.425. The number of fused-ring (bicyclic) bond motifs is 1. The zero-order chi connectivity index (χ0) is 18.4. The number of anilines is 1. The van der Waals surface area contributed by atoms with Crippen LogP contribution in [0.5, 0.6) is 0 Å².